The van der Waals surface area contributed by atoms with E-state index >= 15 is 0 Å². The third kappa shape index (κ3) is 3.97. The number of hydrogen-bond acceptors (Lipinski definition) is 4. The molecule has 1 amide bonds. The summed E-state index contributed by atoms with van der Waals surface area (Å²) in [6, 6.07) is 4.17. The SMILES string of the molecule is CCCCC1CC(Oc2cc(F)ccc2C(=O)N2Cc3nn4c(C)c(Cl)c(C)nc4c3C2)C1. The number of carbonyl (C=O) groups excluding carboxylic acids is 1. The second-order valence-electron chi connectivity index (χ2n) is 9.28. The summed E-state index contributed by atoms with van der Waals surface area (Å²) >= 11 is 6.33. The van der Waals surface area contributed by atoms with Crippen molar-refractivity contribution in [3.63, 3.8) is 0 Å². The van der Waals surface area contributed by atoms with Crippen molar-refractivity contribution in [1.82, 2.24) is 19.5 Å². The number of benzene rings is 1. The highest BCUT2D eigenvalue weighted by Gasteiger charge is 2.34. The molecule has 3 aromatic rings. The molecular weight excluding hydrogens is 443 g/mol. The van der Waals surface area contributed by atoms with Crippen LogP contribution < -0.4 is 4.74 Å². The van der Waals surface area contributed by atoms with Crippen molar-refractivity contribution in [2.75, 3.05) is 0 Å². The summed E-state index contributed by atoms with van der Waals surface area (Å²) < 4.78 is 21.9. The molecule has 174 valence electrons. The average Bonchev–Trinajstić information content (AvgIpc) is 3.32. The monoisotopic (exact) mass is 470 g/mol. The second kappa shape index (κ2) is 8.60. The fourth-order valence-corrected chi connectivity index (χ4v) is 5.00. The molecule has 1 aliphatic carbocycles. The number of rotatable bonds is 6. The molecule has 6 nitrogen and oxygen atoms in total. The van der Waals surface area contributed by atoms with Crippen molar-refractivity contribution >= 4 is 23.2 Å². The lowest BCUT2D eigenvalue weighted by molar-refractivity contribution is 0.0559. The topological polar surface area (TPSA) is 59.7 Å². The summed E-state index contributed by atoms with van der Waals surface area (Å²) in [5.41, 5.74) is 4.41. The summed E-state index contributed by atoms with van der Waals surface area (Å²) in [7, 11) is 0. The number of ether oxygens (including phenoxy) is 1. The van der Waals surface area contributed by atoms with E-state index in [4.69, 9.17) is 16.3 Å². The van der Waals surface area contributed by atoms with E-state index in [1.165, 1.54) is 37.5 Å². The number of nitrogens with zero attached hydrogens (tertiary/aromatic N) is 4. The van der Waals surface area contributed by atoms with Gasteiger partial charge < -0.3 is 9.64 Å². The molecule has 2 aromatic heterocycles. The van der Waals surface area contributed by atoms with Crippen molar-refractivity contribution in [2.45, 2.75) is 72.1 Å². The minimum Gasteiger partial charge on any atom is -0.489 e. The molecule has 0 bridgehead atoms. The van der Waals surface area contributed by atoms with Gasteiger partial charge in [0.25, 0.3) is 5.91 Å². The molecule has 1 fully saturated rings. The summed E-state index contributed by atoms with van der Waals surface area (Å²) in [5.74, 6) is 0.401. The van der Waals surface area contributed by atoms with Crippen LogP contribution in [-0.4, -0.2) is 31.5 Å². The predicted molar refractivity (Wildman–Crippen MR) is 124 cm³/mol. The summed E-state index contributed by atoms with van der Waals surface area (Å²) in [4.78, 5) is 19.7. The second-order valence-corrected chi connectivity index (χ2v) is 9.66. The largest absolute Gasteiger partial charge is 0.489 e. The van der Waals surface area contributed by atoms with E-state index in [1.807, 2.05) is 13.8 Å². The van der Waals surface area contributed by atoms with Crippen LogP contribution in [-0.2, 0) is 13.1 Å². The molecule has 5 rings (SSSR count). The van der Waals surface area contributed by atoms with Gasteiger partial charge in [0.05, 0.1) is 46.9 Å². The highest BCUT2D eigenvalue weighted by Crippen LogP contribution is 2.37. The third-order valence-electron chi connectivity index (χ3n) is 6.87. The van der Waals surface area contributed by atoms with Crippen LogP contribution in [0.5, 0.6) is 5.75 Å². The predicted octanol–water partition coefficient (Wildman–Crippen LogP) is 5.64. The molecule has 1 aromatic carbocycles. The van der Waals surface area contributed by atoms with Crippen LogP contribution in [0.1, 0.15) is 72.0 Å². The van der Waals surface area contributed by atoms with Gasteiger partial charge in [-0.25, -0.2) is 13.9 Å². The summed E-state index contributed by atoms with van der Waals surface area (Å²) in [6.45, 7) is 6.72. The minimum atomic E-state index is -0.405. The first-order chi connectivity index (χ1) is 15.9. The molecule has 0 radical (unpaired) electrons. The zero-order valence-corrected chi connectivity index (χ0v) is 20.0. The Morgan fingerprint density at radius 2 is 2.06 bits per heavy atom. The Kier molecular flexibility index (Phi) is 5.77. The first-order valence-corrected chi connectivity index (χ1v) is 12.0. The lowest BCUT2D eigenvalue weighted by atomic mass is 9.79. The maximum atomic E-state index is 14.0. The molecule has 0 spiro atoms. The van der Waals surface area contributed by atoms with Gasteiger partial charge in [-0.1, -0.05) is 37.8 Å². The molecule has 1 saturated carbocycles. The molecule has 0 unspecified atom stereocenters. The molecule has 33 heavy (non-hydrogen) atoms. The van der Waals surface area contributed by atoms with Gasteiger partial charge in [-0.3, -0.25) is 4.79 Å². The van der Waals surface area contributed by atoms with Gasteiger partial charge in [0.15, 0.2) is 5.65 Å². The van der Waals surface area contributed by atoms with Gasteiger partial charge >= 0.3 is 0 Å². The maximum Gasteiger partial charge on any atom is 0.258 e. The summed E-state index contributed by atoms with van der Waals surface area (Å²) in [6.07, 6.45) is 5.58. The van der Waals surface area contributed by atoms with Crippen molar-refractivity contribution in [1.29, 1.82) is 0 Å². The smallest absolute Gasteiger partial charge is 0.258 e. The summed E-state index contributed by atoms with van der Waals surface area (Å²) in [5, 5.41) is 5.24. The quantitative estimate of drug-likeness (QED) is 0.467. The van der Waals surface area contributed by atoms with Crippen LogP contribution in [0.15, 0.2) is 18.2 Å². The molecule has 0 N–H and O–H groups in total. The molecule has 0 atom stereocenters. The standard InChI is InChI=1S/C25H28ClFN4O2/c1-4-5-6-16-9-18(10-16)33-22-11-17(27)7-8-19(22)25(32)30-12-20-21(13-30)29-31-15(3)23(26)14(2)28-24(20)31/h7-8,11,16,18H,4-6,9-10,12-13H2,1-3H3. The highest BCUT2D eigenvalue weighted by molar-refractivity contribution is 6.31. The average molecular weight is 471 g/mol. The first-order valence-electron chi connectivity index (χ1n) is 11.6. The molecule has 0 saturated heterocycles. The van der Waals surface area contributed by atoms with Crippen LogP contribution in [0, 0.1) is 25.6 Å². The Balaban J connectivity index is 1.34. The lowest BCUT2D eigenvalue weighted by Crippen LogP contribution is -2.34. The highest BCUT2D eigenvalue weighted by atomic mass is 35.5. The number of aromatic nitrogens is 3. The molecule has 8 heteroatoms. The number of fused-ring (bicyclic) bond motifs is 3. The van der Waals surface area contributed by atoms with Crippen LogP contribution in [0.25, 0.3) is 5.65 Å². The Labute approximate surface area is 197 Å². The van der Waals surface area contributed by atoms with E-state index in [9.17, 15) is 9.18 Å². The van der Waals surface area contributed by atoms with Gasteiger partial charge in [0.1, 0.15) is 11.6 Å². The van der Waals surface area contributed by atoms with E-state index in [0.717, 1.165) is 41.1 Å². The third-order valence-corrected chi connectivity index (χ3v) is 7.42. The van der Waals surface area contributed by atoms with E-state index in [-0.39, 0.29) is 12.0 Å². The van der Waals surface area contributed by atoms with Crippen LogP contribution in [0.3, 0.4) is 0 Å². The van der Waals surface area contributed by atoms with Gasteiger partial charge in [-0.05, 0) is 44.7 Å². The minimum absolute atomic E-state index is 0.0418. The molecule has 2 aliphatic rings. The van der Waals surface area contributed by atoms with Gasteiger partial charge in [-0.15, -0.1) is 0 Å². The zero-order valence-electron chi connectivity index (χ0n) is 19.2. The maximum absolute atomic E-state index is 14.0. The Hall–Kier alpha value is -2.67. The van der Waals surface area contributed by atoms with Crippen LogP contribution in [0.2, 0.25) is 5.02 Å². The Bertz CT molecular complexity index is 1240. The van der Waals surface area contributed by atoms with E-state index in [0.29, 0.717) is 35.3 Å². The normalized spacial score (nSPS) is 19.6. The number of halogens is 2. The van der Waals surface area contributed by atoms with E-state index in [1.54, 1.807) is 9.42 Å². The number of aryl methyl sites for hydroxylation is 2. The number of amides is 1. The fourth-order valence-electron chi connectivity index (χ4n) is 4.88. The number of carbonyl (C=O) groups is 1. The lowest BCUT2D eigenvalue weighted by Gasteiger charge is -2.36. The van der Waals surface area contributed by atoms with Crippen molar-refractivity contribution in [3.05, 3.63) is 57.2 Å². The fraction of sp³-hybridized carbons (Fsp3) is 0.480. The molecular formula is C25H28ClFN4O2. The van der Waals surface area contributed by atoms with Crippen molar-refractivity contribution < 1.29 is 13.9 Å². The zero-order chi connectivity index (χ0) is 23.3. The van der Waals surface area contributed by atoms with Crippen LogP contribution >= 0.6 is 11.6 Å². The Morgan fingerprint density at radius 1 is 1.27 bits per heavy atom. The van der Waals surface area contributed by atoms with Crippen LogP contribution in [0.4, 0.5) is 4.39 Å². The van der Waals surface area contributed by atoms with Gasteiger partial charge in [-0.2, -0.15) is 5.10 Å². The van der Waals surface area contributed by atoms with Crippen molar-refractivity contribution in [3.8, 4) is 5.75 Å². The van der Waals surface area contributed by atoms with Gasteiger partial charge in [0, 0.05) is 11.6 Å². The van der Waals surface area contributed by atoms with Crippen molar-refractivity contribution in [2.24, 2.45) is 5.92 Å². The van der Waals surface area contributed by atoms with E-state index in [2.05, 4.69) is 17.0 Å². The molecule has 1 aliphatic heterocycles. The number of unbranched alkanes of at least 4 members (excludes halogenated alkanes) is 1. The first kappa shape index (κ1) is 22.1. The van der Waals surface area contributed by atoms with Gasteiger partial charge in [0.2, 0.25) is 0 Å². The Morgan fingerprint density at radius 3 is 2.82 bits per heavy atom. The van der Waals surface area contributed by atoms with E-state index < -0.39 is 5.82 Å². The molecule has 3 heterocycles. The number of hydrogen-bond donors (Lipinski definition) is 0.